The molecule has 0 heterocycles. The van der Waals surface area contributed by atoms with Crippen LogP contribution in [-0.2, 0) is 18.4 Å². The zero-order valence-electron chi connectivity index (χ0n) is 37.9. The minimum atomic E-state index is -4.32. The topological polar surface area (TPSA) is 105 Å². The van der Waals surface area contributed by atoms with E-state index in [1.165, 1.54) is 173 Å². The van der Waals surface area contributed by atoms with Crippen molar-refractivity contribution in [3.05, 3.63) is 12.2 Å². The Morgan fingerprint density at radius 1 is 0.589 bits per heavy atom. The van der Waals surface area contributed by atoms with E-state index in [2.05, 4.69) is 31.3 Å². The molecule has 0 fully saturated rings. The highest BCUT2D eigenvalue weighted by Crippen LogP contribution is 2.43. The quantitative estimate of drug-likeness (QED) is 0.0245. The summed E-state index contributed by atoms with van der Waals surface area (Å²) in [5, 5.41) is 13.9. The van der Waals surface area contributed by atoms with Gasteiger partial charge in [-0.15, -0.1) is 0 Å². The van der Waals surface area contributed by atoms with Crippen LogP contribution in [0.3, 0.4) is 0 Å². The molecule has 0 aromatic heterocycles. The van der Waals surface area contributed by atoms with Crippen molar-refractivity contribution in [2.75, 3.05) is 40.9 Å². The summed E-state index contributed by atoms with van der Waals surface area (Å²) >= 11 is 0. The number of amides is 1. The number of nitrogens with zero attached hydrogens (tertiary/aromatic N) is 1. The molecule has 1 unspecified atom stereocenters. The van der Waals surface area contributed by atoms with Crippen LogP contribution in [0.25, 0.3) is 0 Å². The van der Waals surface area contributed by atoms with Gasteiger partial charge < -0.3 is 19.8 Å². The van der Waals surface area contributed by atoms with Crippen LogP contribution in [0, 0.1) is 0 Å². The molecular formula is C47H96N2O6P+. The summed E-state index contributed by atoms with van der Waals surface area (Å²) in [5.41, 5.74) is 0. The van der Waals surface area contributed by atoms with E-state index in [1.54, 1.807) is 0 Å². The van der Waals surface area contributed by atoms with Gasteiger partial charge in [-0.05, 0) is 25.7 Å². The Morgan fingerprint density at radius 3 is 1.38 bits per heavy atom. The minimum Gasteiger partial charge on any atom is -0.391 e. The first kappa shape index (κ1) is 55.2. The van der Waals surface area contributed by atoms with E-state index in [0.29, 0.717) is 30.3 Å². The van der Waals surface area contributed by atoms with Gasteiger partial charge in [-0.3, -0.25) is 13.8 Å². The molecule has 9 heteroatoms. The average Bonchev–Trinajstić information content (AvgIpc) is 3.15. The van der Waals surface area contributed by atoms with Gasteiger partial charge in [-0.25, -0.2) is 4.57 Å². The second kappa shape index (κ2) is 39.7. The maximum atomic E-state index is 12.9. The van der Waals surface area contributed by atoms with Crippen molar-refractivity contribution < 1.29 is 32.9 Å². The maximum Gasteiger partial charge on any atom is 0.472 e. The highest BCUT2D eigenvalue weighted by atomic mass is 31.2. The van der Waals surface area contributed by atoms with Gasteiger partial charge in [0.15, 0.2) is 0 Å². The van der Waals surface area contributed by atoms with Crippen LogP contribution in [0.1, 0.15) is 232 Å². The second-order valence-corrected chi connectivity index (χ2v) is 19.3. The highest BCUT2D eigenvalue weighted by molar-refractivity contribution is 7.47. The summed E-state index contributed by atoms with van der Waals surface area (Å²) in [5.74, 6) is -0.191. The SMILES string of the molecule is CCCCCCCCCCCCCCCCCCC/C=C\CCC(=O)N[C@H](COP(=O)(O)OCC[N+](C)(C)C)[C@@H](O)CCCCCCCCCCCCCCC. The lowest BCUT2D eigenvalue weighted by Gasteiger charge is -2.26. The largest absolute Gasteiger partial charge is 0.472 e. The molecule has 0 aliphatic heterocycles. The van der Waals surface area contributed by atoms with E-state index in [-0.39, 0.29) is 19.1 Å². The van der Waals surface area contributed by atoms with Crippen LogP contribution in [0.15, 0.2) is 12.2 Å². The van der Waals surface area contributed by atoms with Crippen molar-refractivity contribution in [2.24, 2.45) is 0 Å². The molecule has 0 spiro atoms. The molecule has 0 aliphatic rings. The number of hydrogen-bond acceptors (Lipinski definition) is 5. The summed E-state index contributed by atoms with van der Waals surface area (Å²) in [6, 6.07) is -0.777. The molecule has 0 radical (unpaired) electrons. The number of quaternary nitrogens is 1. The fraction of sp³-hybridized carbons (Fsp3) is 0.936. The normalized spacial score (nSPS) is 14.3. The molecule has 334 valence electrons. The summed E-state index contributed by atoms with van der Waals surface area (Å²) in [4.78, 5) is 23.1. The Labute approximate surface area is 348 Å². The van der Waals surface area contributed by atoms with Gasteiger partial charge in [0.1, 0.15) is 13.2 Å². The lowest BCUT2D eigenvalue weighted by Crippen LogP contribution is -2.46. The van der Waals surface area contributed by atoms with Crippen molar-refractivity contribution in [3.8, 4) is 0 Å². The summed E-state index contributed by atoms with van der Waals surface area (Å²) in [6.45, 7) is 4.88. The van der Waals surface area contributed by atoms with Crippen LogP contribution >= 0.6 is 7.82 Å². The zero-order valence-corrected chi connectivity index (χ0v) is 38.8. The van der Waals surface area contributed by atoms with Gasteiger partial charge in [0.05, 0.1) is 39.9 Å². The number of carbonyl (C=O) groups excluding carboxylic acids is 1. The van der Waals surface area contributed by atoms with Crippen LogP contribution in [0.5, 0.6) is 0 Å². The predicted octanol–water partition coefficient (Wildman–Crippen LogP) is 13.5. The summed E-state index contributed by atoms with van der Waals surface area (Å²) < 4.78 is 23.6. The monoisotopic (exact) mass is 816 g/mol. The first-order chi connectivity index (χ1) is 27.0. The Hall–Kier alpha value is -0.760. The van der Waals surface area contributed by atoms with Gasteiger partial charge in [-0.2, -0.15) is 0 Å². The summed E-state index contributed by atoms with van der Waals surface area (Å²) in [6.07, 6.45) is 45.4. The number of phosphoric acid groups is 1. The van der Waals surface area contributed by atoms with E-state index in [4.69, 9.17) is 9.05 Å². The smallest absolute Gasteiger partial charge is 0.391 e. The van der Waals surface area contributed by atoms with Crippen LogP contribution in [0.2, 0.25) is 0 Å². The Kier molecular flexibility index (Phi) is 39.1. The fourth-order valence-electron chi connectivity index (χ4n) is 7.18. The number of carbonyl (C=O) groups is 1. The van der Waals surface area contributed by atoms with E-state index >= 15 is 0 Å². The van der Waals surface area contributed by atoms with Gasteiger partial charge in [-0.1, -0.05) is 212 Å². The van der Waals surface area contributed by atoms with Crippen molar-refractivity contribution in [2.45, 2.75) is 244 Å². The lowest BCUT2D eigenvalue weighted by atomic mass is 10.0. The lowest BCUT2D eigenvalue weighted by molar-refractivity contribution is -0.870. The number of unbranched alkanes of at least 4 members (excludes halogenated alkanes) is 29. The first-order valence-corrected chi connectivity index (χ1v) is 25.5. The van der Waals surface area contributed by atoms with Crippen molar-refractivity contribution in [1.29, 1.82) is 0 Å². The first-order valence-electron chi connectivity index (χ1n) is 24.1. The second-order valence-electron chi connectivity index (χ2n) is 17.8. The molecule has 56 heavy (non-hydrogen) atoms. The Bertz CT molecular complexity index is 927. The Balaban J connectivity index is 4.28. The molecule has 1 amide bonds. The fourth-order valence-corrected chi connectivity index (χ4v) is 7.92. The molecule has 3 N–H and O–H groups in total. The molecule has 0 bridgehead atoms. The molecule has 0 aromatic rings. The molecule has 3 atom stereocenters. The zero-order chi connectivity index (χ0) is 41.4. The van der Waals surface area contributed by atoms with E-state index in [0.717, 1.165) is 25.7 Å². The number of aliphatic hydroxyl groups excluding tert-OH is 1. The summed E-state index contributed by atoms with van der Waals surface area (Å²) in [7, 11) is 1.60. The molecule has 0 aliphatic carbocycles. The van der Waals surface area contributed by atoms with E-state index in [1.807, 2.05) is 21.1 Å². The van der Waals surface area contributed by atoms with E-state index in [9.17, 15) is 19.4 Å². The van der Waals surface area contributed by atoms with Crippen molar-refractivity contribution in [1.82, 2.24) is 5.32 Å². The number of hydrogen-bond donors (Lipinski definition) is 3. The van der Waals surface area contributed by atoms with Crippen LogP contribution in [0.4, 0.5) is 0 Å². The number of nitrogens with one attached hydrogen (secondary N) is 1. The molecule has 0 rings (SSSR count). The third-order valence-corrected chi connectivity index (χ3v) is 12.0. The van der Waals surface area contributed by atoms with Gasteiger partial charge in [0, 0.05) is 6.42 Å². The highest BCUT2D eigenvalue weighted by Gasteiger charge is 2.28. The predicted molar refractivity (Wildman–Crippen MR) is 240 cm³/mol. The molecule has 0 saturated heterocycles. The van der Waals surface area contributed by atoms with Crippen molar-refractivity contribution in [3.63, 3.8) is 0 Å². The Morgan fingerprint density at radius 2 is 0.964 bits per heavy atom. The van der Waals surface area contributed by atoms with Gasteiger partial charge >= 0.3 is 7.82 Å². The molecule has 0 aromatic carbocycles. The third kappa shape index (κ3) is 41.4. The van der Waals surface area contributed by atoms with E-state index < -0.39 is 20.0 Å². The standard InChI is InChI=1S/C47H95N2O6P/c1-6-8-10-12-14-16-18-20-21-22-23-24-25-26-27-29-31-33-35-37-39-41-47(51)48-45(44-55-56(52,53)54-43-42-49(3,4)5)46(50)40-38-36-34-32-30-28-19-17-15-13-11-9-7-2/h35,37,45-46,50H,6-34,36,38-44H2,1-5H3,(H-,48,51,52,53)/p+1/b37-35-/t45-,46+/m1/s1. The third-order valence-electron chi connectivity index (χ3n) is 11.0. The average molecular weight is 816 g/mol. The van der Waals surface area contributed by atoms with Crippen LogP contribution < -0.4 is 5.32 Å². The van der Waals surface area contributed by atoms with Crippen molar-refractivity contribution >= 4 is 13.7 Å². The number of rotatable bonds is 44. The molecule has 0 saturated carbocycles. The number of allylic oxidation sites excluding steroid dienone is 2. The van der Waals surface area contributed by atoms with Gasteiger partial charge in [0.2, 0.25) is 5.91 Å². The maximum absolute atomic E-state index is 12.9. The molecular weight excluding hydrogens is 719 g/mol. The number of aliphatic hydroxyl groups is 1. The molecule has 8 nitrogen and oxygen atoms in total. The van der Waals surface area contributed by atoms with Gasteiger partial charge in [0.25, 0.3) is 0 Å². The number of phosphoric ester groups is 1. The minimum absolute atomic E-state index is 0.0711. The number of likely N-dealkylation sites (N-methyl/N-ethyl adjacent to an activating group) is 1. The van der Waals surface area contributed by atoms with Crippen LogP contribution in [-0.4, -0.2) is 73.4 Å².